The molecule has 1 heterocycles. The van der Waals surface area contributed by atoms with E-state index in [1.165, 1.54) is 10.5 Å². The summed E-state index contributed by atoms with van der Waals surface area (Å²) >= 11 is 6.72. The largest absolute Gasteiger partial charge is 0.222 e. The minimum atomic E-state index is 0.915. The van der Waals surface area contributed by atoms with Gasteiger partial charge in [-0.3, -0.25) is 0 Å². The Balaban J connectivity index is 2.23. The third kappa shape index (κ3) is 2.38. The zero-order chi connectivity index (χ0) is 9.97. The minimum absolute atomic E-state index is 0.915. The molecule has 0 aliphatic carbocycles. The van der Waals surface area contributed by atoms with E-state index in [1.54, 1.807) is 23.1 Å². The van der Waals surface area contributed by atoms with Crippen molar-refractivity contribution in [3.63, 3.8) is 0 Å². The molecule has 2 aromatic rings. The van der Waals surface area contributed by atoms with Crippen LogP contribution < -0.4 is 0 Å². The first-order valence-corrected chi connectivity index (χ1v) is 6.59. The van der Waals surface area contributed by atoms with Crippen LogP contribution in [0.15, 0.2) is 43.5 Å². The summed E-state index contributed by atoms with van der Waals surface area (Å²) in [5, 5.41) is 2.00. The third-order valence-corrected chi connectivity index (χ3v) is 4.57. The van der Waals surface area contributed by atoms with Crippen LogP contribution in [0, 0.1) is 6.92 Å². The molecule has 0 aliphatic rings. The summed E-state index contributed by atoms with van der Waals surface area (Å²) in [4.78, 5) is 5.62. The summed E-state index contributed by atoms with van der Waals surface area (Å²) < 4.78 is 1.99. The molecule has 72 valence electrons. The number of aromatic nitrogens is 1. The van der Waals surface area contributed by atoms with Gasteiger partial charge in [0.1, 0.15) is 4.60 Å². The molecule has 0 fully saturated rings. The highest BCUT2D eigenvalue weighted by Gasteiger charge is 2.03. The van der Waals surface area contributed by atoms with Crippen molar-refractivity contribution in [2.24, 2.45) is 0 Å². The maximum Gasteiger partial charge on any atom is 0.155 e. The lowest BCUT2D eigenvalue weighted by Gasteiger charge is -2.00. The molecule has 1 aromatic carbocycles. The topological polar surface area (TPSA) is 12.9 Å². The fourth-order valence-electron chi connectivity index (χ4n) is 1.05. The fraction of sp³-hybridized carbons (Fsp3) is 0.100. The van der Waals surface area contributed by atoms with E-state index in [-0.39, 0.29) is 0 Å². The van der Waals surface area contributed by atoms with E-state index >= 15 is 0 Å². The van der Waals surface area contributed by atoms with Gasteiger partial charge in [-0.15, -0.1) is 11.3 Å². The number of thiazole rings is 1. The number of benzene rings is 1. The second kappa shape index (κ2) is 4.47. The highest BCUT2D eigenvalue weighted by molar-refractivity contribution is 9.10. The fourth-order valence-corrected chi connectivity index (χ4v) is 3.46. The third-order valence-electron chi connectivity index (χ3n) is 1.75. The summed E-state index contributed by atoms with van der Waals surface area (Å²) in [6.45, 7) is 2.12. The lowest BCUT2D eigenvalue weighted by atomic mass is 10.2. The van der Waals surface area contributed by atoms with Gasteiger partial charge in [-0.1, -0.05) is 30.0 Å². The lowest BCUT2D eigenvalue weighted by molar-refractivity contribution is 1.20. The number of aryl methyl sites for hydroxylation is 1. The lowest BCUT2D eigenvalue weighted by Crippen LogP contribution is -1.77. The Kier molecular flexibility index (Phi) is 3.26. The van der Waals surface area contributed by atoms with Crippen molar-refractivity contribution in [1.82, 2.24) is 4.98 Å². The van der Waals surface area contributed by atoms with Gasteiger partial charge in [0, 0.05) is 10.3 Å². The molecule has 14 heavy (non-hydrogen) atoms. The van der Waals surface area contributed by atoms with Crippen LogP contribution in [0.1, 0.15) is 5.56 Å². The number of halogens is 1. The maximum absolute atomic E-state index is 4.35. The molecular formula is C10H8BrNS2. The van der Waals surface area contributed by atoms with Gasteiger partial charge in [-0.05, 0) is 34.5 Å². The molecule has 0 N–H and O–H groups in total. The van der Waals surface area contributed by atoms with Gasteiger partial charge < -0.3 is 0 Å². The molecule has 0 saturated carbocycles. The van der Waals surface area contributed by atoms with Gasteiger partial charge >= 0.3 is 0 Å². The second-order valence-electron chi connectivity index (χ2n) is 2.80. The highest BCUT2D eigenvalue weighted by atomic mass is 79.9. The van der Waals surface area contributed by atoms with Gasteiger partial charge in [0.15, 0.2) is 4.34 Å². The number of rotatable bonds is 2. The zero-order valence-corrected chi connectivity index (χ0v) is 10.7. The van der Waals surface area contributed by atoms with E-state index in [1.807, 2.05) is 5.38 Å². The Morgan fingerprint density at radius 2 is 2.14 bits per heavy atom. The molecule has 0 saturated heterocycles. The number of hydrogen-bond donors (Lipinski definition) is 0. The zero-order valence-electron chi connectivity index (χ0n) is 7.53. The predicted octanol–water partition coefficient (Wildman–Crippen LogP) is 4.37. The highest BCUT2D eigenvalue weighted by Crippen LogP contribution is 2.33. The smallest absolute Gasteiger partial charge is 0.155 e. The summed E-state index contributed by atoms with van der Waals surface area (Å²) in [6.07, 6.45) is 0. The van der Waals surface area contributed by atoms with Crippen molar-refractivity contribution >= 4 is 39.0 Å². The molecule has 0 amide bonds. The van der Waals surface area contributed by atoms with E-state index < -0.39 is 0 Å². The van der Waals surface area contributed by atoms with Crippen molar-refractivity contribution in [3.05, 3.63) is 39.8 Å². The summed E-state index contributed by atoms with van der Waals surface area (Å²) in [7, 11) is 0. The minimum Gasteiger partial charge on any atom is -0.222 e. The monoisotopic (exact) mass is 285 g/mol. The molecular weight excluding hydrogens is 278 g/mol. The van der Waals surface area contributed by atoms with Gasteiger partial charge in [0.2, 0.25) is 0 Å². The van der Waals surface area contributed by atoms with E-state index in [9.17, 15) is 0 Å². The molecule has 1 aromatic heterocycles. The van der Waals surface area contributed by atoms with Crippen LogP contribution in [0.5, 0.6) is 0 Å². The summed E-state index contributed by atoms with van der Waals surface area (Å²) in [6, 6.07) is 8.34. The Morgan fingerprint density at radius 1 is 1.36 bits per heavy atom. The van der Waals surface area contributed by atoms with Crippen LogP contribution in [-0.2, 0) is 0 Å². The van der Waals surface area contributed by atoms with Crippen LogP contribution >= 0.6 is 39.0 Å². The number of hydrogen-bond acceptors (Lipinski definition) is 3. The van der Waals surface area contributed by atoms with Crippen molar-refractivity contribution in [3.8, 4) is 0 Å². The summed E-state index contributed by atoms with van der Waals surface area (Å²) in [5.41, 5.74) is 1.30. The molecule has 0 bridgehead atoms. The van der Waals surface area contributed by atoms with Crippen molar-refractivity contribution in [2.45, 2.75) is 16.2 Å². The molecule has 0 radical (unpaired) electrons. The van der Waals surface area contributed by atoms with Crippen molar-refractivity contribution in [1.29, 1.82) is 0 Å². The van der Waals surface area contributed by atoms with Crippen LogP contribution in [-0.4, -0.2) is 4.98 Å². The van der Waals surface area contributed by atoms with Gasteiger partial charge in [0.05, 0.1) is 0 Å². The Hall–Kier alpha value is -0.320. The molecule has 0 atom stereocenters. The molecule has 0 unspecified atom stereocenters. The first-order chi connectivity index (χ1) is 6.75. The van der Waals surface area contributed by atoms with E-state index in [2.05, 4.69) is 52.1 Å². The van der Waals surface area contributed by atoms with Crippen LogP contribution in [0.3, 0.4) is 0 Å². The first kappa shape index (κ1) is 10.2. The first-order valence-electron chi connectivity index (χ1n) is 4.10. The Bertz CT molecular complexity index is 439. The number of nitrogens with zero attached hydrogens (tertiary/aromatic N) is 1. The van der Waals surface area contributed by atoms with Crippen molar-refractivity contribution < 1.29 is 0 Å². The van der Waals surface area contributed by atoms with Crippen LogP contribution in [0.25, 0.3) is 0 Å². The van der Waals surface area contributed by atoms with Gasteiger partial charge in [-0.2, -0.15) is 0 Å². The summed E-state index contributed by atoms with van der Waals surface area (Å²) in [5.74, 6) is 0. The van der Waals surface area contributed by atoms with E-state index in [4.69, 9.17) is 0 Å². The molecule has 0 aliphatic heterocycles. The van der Waals surface area contributed by atoms with Gasteiger partial charge in [0.25, 0.3) is 0 Å². The molecule has 4 heteroatoms. The van der Waals surface area contributed by atoms with Gasteiger partial charge in [-0.25, -0.2) is 4.98 Å². The van der Waals surface area contributed by atoms with Crippen LogP contribution in [0.2, 0.25) is 0 Å². The second-order valence-corrected chi connectivity index (χ2v) is 5.76. The quantitative estimate of drug-likeness (QED) is 0.813. The average Bonchev–Trinajstić information content (AvgIpc) is 2.56. The SMILES string of the molecule is Cc1ccccc1Sc1nc(Br)cs1. The predicted molar refractivity (Wildman–Crippen MR) is 65.1 cm³/mol. The maximum atomic E-state index is 4.35. The molecule has 2 rings (SSSR count). The van der Waals surface area contributed by atoms with E-state index in [0.29, 0.717) is 0 Å². The molecule has 1 nitrogen and oxygen atoms in total. The molecule has 0 spiro atoms. The van der Waals surface area contributed by atoms with E-state index in [0.717, 1.165) is 8.94 Å². The normalized spacial score (nSPS) is 10.4. The average molecular weight is 286 g/mol. The Labute approximate surface area is 99.7 Å². The standard InChI is InChI=1S/C10H8BrNS2/c1-7-4-2-3-5-8(7)14-10-12-9(11)6-13-10/h2-6H,1H3. The Morgan fingerprint density at radius 3 is 2.79 bits per heavy atom. The van der Waals surface area contributed by atoms with Crippen LogP contribution in [0.4, 0.5) is 0 Å². The van der Waals surface area contributed by atoms with Crippen molar-refractivity contribution in [2.75, 3.05) is 0 Å².